The first-order chi connectivity index (χ1) is 22.4. The van der Waals surface area contributed by atoms with Gasteiger partial charge in [0.05, 0.1) is 18.8 Å². The molecule has 4 heterocycles. The molecule has 4 saturated heterocycles. The summed E-state index contributed by atoms with van der Waals surface area (Å²) in [6.07, 6.45) is 1.54. The van der Waals surface area contributed by atoms with E-state index >= 15 is 0 Å². The molecule has 11 heteroatoms. The van der Waals surface area contributed by atoms with Gasteiger partial charge in [-0.3, -0.25) is 4.79 Å². The van der Waals surface area contributed by atoms with E-state index in [1.54, 1.807) is 6.92 Å². The SMILES string of the molecule is CC(=O)O[C@@H]1C[C@@]23C[C@@]24CC[C@H](O[C@@H]2OC[C@@H](O)[C@H](O)[C@H]2O)C(C)(C)[C@@H]4CC[C@H]3[C@]2(C)C[C@@H]3O[C@]4(C[C@@H](C)[C@@H]3[C@@]12C)OC(=O)[C@@]1(C)O[C@@H]41. The molecule has 9 fully saturated rings. The Morgan fingerprint density at radius 1 is 0.896 bits per heavy atom. The van der Waals surface area contributed by atoms with Crippen molar-refractivity contribution in [1.29, 1.82) is 0 Å². The van der Waals surface area contributed by atoms with Gasteiger partial charge >= 0.3 is 11.9 Å². The van der Waals surface area contributed by atoms with Crippen LogP contribution in [0.1, 0.15) is 99.8 Å². The van der Waals surface area contributed by atoms with Crippen LogP contribution >= 0.6 is 0 Å². The monoisotopic (exact) mass is 674 g/mol. The number of hydrogen-bond acceptors (Lipinski definition) is 11. The van der Waals surface area contributed by atoms with Crippen molar-refractivity contribution in [2.45, 2.75) is 160 Å². The van der Waals surface area contributed by atoms with Gasteiger partial charge in [0.15, 0.2) is 18.0 Å². The molecule has 0 bridgehead atoms. The number of aliphatic hydroxyl groups is 3. The Morgan fingerprint density at radius 2 is 1.62 bits per heavy atom. The predicted molar refractivity (Wildman–Crippen MR) is 167 cm³/mol. The summed E-state index contributed by atoms with van der Waals surface area (Å²) in [6.45, 7) is 14.9. The fraction of sp³-hybridized carbons (Fsp3) is 0.946. The van der Waals surface area contributed by atoms with Crippen molar-refractivity contribution in [3.8, 4) is 0 Å². The summed E-state index contributed by atoms with van der Waals surface area (Å²) in [5.74, 6) is -0.512. The molecular formula is C37H54O11. The lowest BCUT2D eigenvalue weighted by Crippen LogP contribution is -2.64. The number of rotatable bonds is 3. The van der Waals surface area contributed by atoms with Gasteiger partial charge < -0.3 is 43.7 Å². The number of epoxide rings is 1. The molecule has 0 aromatic rings. The third-order valence-corrected chi connectivity index (χ3v) is 16.6. The van der Waals surface area contributed by atoms with Gasteiger partial charge in [-0.2, -0.15) is 0 Å². The third kappa shape index (κ3) is 3.65. The first kappa shape index (κ1) is 32.6. The highest BCUT2D eigenvalue weighted by atomic mass is 16.8. The lowest BCUT2D eigenvalue weighted by Gasteiger charge is -2.65. The van der Waals surface area contributed by atoms with E-state index < -0.39 is 36.0 Å². The van der Waals surface area contributed by atoms with Crippen LogP contribution < -0.4 is 0 Å². The second kappa shape index (κ2) is 9.55. The zero-order chi connectivity index (χ0) is 34.2. The zero-order valence-corrected chi connectivity index (χ0v) is 29.4. The van der Waals surface area contributed by atoms with Gasteiger partial charge in [-0.1, -0.05) is 34.6 Å². The Balaban J connectivity index is 1.03. The summed E-state index contributed by atoms with van der Waals surface area (Å²) in [4.78, 5) is 25.7. The molecule has 0 amide bonds. The topological polar surface area (TPSA) is 154 Å². The van der Waals surface area contributed by atoms with Gasteiger partial charge in [-0.05, 0) is 97.2 Å². The number of carbonyl (C=O) groups is 2. The summed E-state index contributed by atoms with van der Waals surface area (Å²) in [6, 6.07) is 0. The lowest BCUT2D eigenvalue weighted by atomic mass is 9.41. The maximum Gasteiger partial charge on any atom is 0.343 e. The van der Waals surface area contributed by atoms with E-state index in [2.05, 4.69) is 34.6 Å². The average Bonchev–Trinajstić information content (AvgIpc) is 3.84. The fourth-order valence-electron chi connectivity index (χ4n) is 14.5. The Hall–Kier alpha value is -1.34. The summed E-state index contributed by atoms with van der Waals surface area (Å²) in [5, 5.41) is 30.9. The van der Waals surface area contributed by atoms with Crippen LogP contribution in [-0.2, 0) is 38.0 Å². The van der Waals surface area contributed by atoms with Crippen molar-refractivity contribution >= 4 is 11.9 Å². The number of hydrogen-bond donors (Lipinski definition) is 3. The minimum atomic E-state index is -1.31. The molecule has 9 aliphatic rings. The molecule has 5 saturated carbocycles. The molecule has 0 unspecified atom stereocenters. The Morgan fingerprint density at radius 3 is 2.29 bits per heavy atom. The fourth-order valence-corrected chi connectivity index (χ4v) is 14.5. The largest absolute Gasteiger partial charge is 0.462 e. The molecule has 3 N–H and O–H groups in total. The summed E-state index contributed by atoms with van der Waals surface area (Å²) in [5.41, 5.74) is -1.50. The number of esters is 2. The van der Waals surface area contributed by atoms with Crippen LogP contribution in [0, 0.1) is 50.7 Å². The van der Waals surface area contributed by atoms with E-state index in [-0.39, 0.29) is 81.9 Å². The standard InChI is InChI=1S/C37H54O11/c1-17-12-37(29-34(7,47-29)30(42)48-37)46-20-13-32(5)22-9-8-21-31(3,4)23(45-28-27(41)26(40)19(39)15-43-28)10-11-35(21)16-36(22,35)14-24(44-18(2)38)33(32,6)25(17)20/h17,19-29,39-41H,8-16H2,1-7H3/t17-,19-,20+,21+,22+,23+,24-,25+,26+,27-,28+,29-,32+,33-,34+,35-,36+,37-/m1/s1. The van der Waals surface area contributed by atoms with E-state index in [1.807, 2.05) is 0 Å². The van der Waals surface area contributed by atoms with Gasteiger partial charge in [0, 0.05) is 18.8 Å². The van der Waals surface area contributed by atoms with Gasteiger partial charge in [0.25, 0.3) is 0 Å². The van der Waals surface area contributed by atoms with Crippen LogP contribution in [-0.4, -0.2) is 94.3 Å². The van der Waals surface area contributed by atoms with E-state index in [1.165, 1.54) is 6.92 Å². The van der Waals surface area contributed by atoms with Crippen LogP contribution in [0.2, 0.25) is 0 Å². The molecule has 11 nitrogen and oxygen atoms in total. The van der Waals surface area contributed by atoms with E-state index in [0.717, 1.165) is 44.9 Å². The van der Waals surface area contributed by atoms with E-state index in [9.17, 15) is 24.9 Å². The quantitative estimate of drug-likeness (QED) is 0.230. The van der Waals surface area contributed by atoms with Gasteiger partial charge in [0.2, 0.25) is 5.79 Å². The Kier molecular flexibility index (Phi) is 6.48. The van der Waals surface area contributed by atoms with Crippen LogP contribution in [0.15, 0.2) is 0 Å². The second-order valence-corrected chi connectivity index (χ2v) is 18.8. The second-order valence-electron chi connectivity index (χ2n) is 18.8. The van der Waals surface area contributed by atoms with Crippen molar-refractivity contribution in [2.75, 3.05) is 6.61 Å². The first-order valence-electron chi connectivity index (χ1n) is 18.5. The number of carbonyl (C=O) groups excluding carboxylic acids is 2. The minimum Gasteiger partial charge on any atom is -0.462 e. The zero-order valence-electron chi connectivity index (χ0n) is 29.4. The van der Waals surface area contributed by atoms with Gasteiger partial charge in [0.1, 0.15) is 24.4 Å². The highest BCUT2D eigenvalue weighted by Crippen LogP contribution is 2.89. The summed E-state index contributed by atoms with van der Waals surface area (Å²) < 4.78 is 37.5. The van der Waals surface area contributed by atoms with Crippen LogP contribution in [0.25, 0.3) is 0 Å². The average molecular weight is 675 g/mol. The predicted octanol–water partition coefficient (Wildman–Crippen LogP) is 3.24. The lowest BCUT2D eigenvalue weighted by molar-refractivity contribution is -0.304. The highest BCUT2D eigenvalue weighted by molar-refractivity contribution is 5.86. The third-order valence-electron chi connectivity index (χ3n) is 16.6. The Bertz CT molecular complexity index is 1440. The molecule has 48 heavy (non-hydrogen) atoms. The highest BCUT2D eigenvalue weighted by Gasteiger charge is 2.87. The van der Waals surface area contributed by atoms with Crippen LogP contribution in [0.3, 0.4) is 0 Å². The number of fused-ring (bicyclic) bond motifs is 6. The van der Waals surface area contributed by atoms with Crippen molar-refractivity contribution in [3.05, 3.63) is 0 Å². The van der Waals surface area contributed by atoms with Crippen molar-refractivity contribution < 1.29 is 53.3 Å². The number of aliphatic hydroxyl groups excluding tert-OH is 3. The molecule has 5 aliphatic carbocycles. The van der Waals surface area contributed by atoms with Crippen LogP contribution in [0.5, 0.6) is 0 Å². The minimum absolute atomic E-state index is 0.0279. The summed E-state index contributed by atoms with van der Waals surface area (Å²) in [7, 11) is 0. The summed E-state index contributed by atoms with van der Waals surface area (Å²) >= 11 is 0. The molecule has 3 spiro atoms. The van der Waals surface area contributed by atoms with Crippen LogP contribution in [0.4, 0.5) is 0 Å². The molecule has 0 radical (unpaired) electrons. The maximum atomic E-state index is 12.9. The molecule has 0 aromatic heterocycles. The van der Waals surface area contributed by atoms with Crippen molar-refractivity contribution in [3.63, 3.8) is 0 Å². The molecular weight excluding hydrogens is 620 g/mol. The van der Waals surface area contributed by atoms with Crippen molar-refractivity contribution in [1.82, 2.24) is 0 Å². The molecule has 18 atom stereocenters. The maximum absolute atomic E-state index is 12.9. The van der Waals surface area contributed by atoms with Gasteiger partial charge in [-0.25, -0.2) is 4.79 Å². The van der Waals surface area contributed by atoms with E-state index in [4.69, 9.17) is 28.4 Å². The van der Waals surface area contributed by atoms with E-state index in [0.29, 0.717) is 18.3 Å². The molecule has 0 aromatic carbocycles. The molecule has 4 aliphatic heterocycles. The number of ether oxygens (including phenoxy) is 6. The Labute approximate surface area is 282 Å². The van der Waals surface area contributed by atoms with Gasteiger partial charge in [-0.15, -0.1) is 0 Å². The first-order valence-corrected chi connectivity index (χ1v) is 18.5. The molecule has 9 rings (SSSR count). The smallest absolute Gasteiger partial charge is 0.343 e. The van der Waals surface area contributed by atoms with Crippen molar-refractivity contribution in [2.24, 2.45) is 50.7 Å². The normalized spacial score (nSPS) is 61.6. The molecule has 268 valence electrons.